The summed E-state index contributed by atoms with van der Waals surface area (Å²) in [5.41, 5.74) is -0.312. The Morgan fingerprint density at radius 2 is 1.94 bits per heavy atom. The van der Waals surface area contributed by atoms with E-state index in [9.17, 15) is 13.6 Å². The number of halogens is 2. The minimum Gasteiger partial charge on any atom is -0.383 e. The molecule has 0 aliphatic rings. The fourth-order valence-corrected chi connectivity index (χ4v) is 1.31. The summed E-state index contributed by atoms with van der Waals surface area (Å²) in [5.74, 6) is -2.14. The maximum absolute atomic E-state index is 13.4. The Balaban J connectivity index is 2.81. The highest BCUT2D eigenvalue weighted by Gasteiger charge is 2.13. The molecule has 2 N–H and O–H groups in total. The van der Waals surface area contributed by atoms with Gasteiger partial charge in [-0.05, 0) is 12.1 Å². The Morgan fingerprint density at radius 3 is 2.41 bits per heavy atom. The summed E-state index contributed by atoms with van der Waals surface area (Å²) in [6.07, 6.45) is 0. The van der Waals surface area contributed by atoms with Crippen LogP contribution in [0.4, 0.5) is 14.5 Å². The molecular weight excluding hydrogens is 230 g/mol. The van der Waals surface area contributed by atoms with Gasteiger partial charge in [-0.2, -0.15) is 0 Å². The van der Waals surface area contributed by atoms with Crippen molar-refractivity contribution in [3.8, 4) is 0 Å². The van der Waals surface area contributed by atoms with Crippen molar-refractivity contribution in [1.29, 1.82) is 0 Å². The van der Waals surface area contributed by atoms with E-state index in [-0.39, 0.29) is 17.8 Å². The second-order valence-corrected chi connectivity index (χ2v) is 3.31. The quantitative estimate of drug-likeness (QED) is 0.769. The highest BCUT2D eigenvalue weighted by molar-refractivity contribution is 5.94. The molecule has 1 aromatic rings. The van der Waals surface area contributed by atoms with Crippen LogP contribution in [0.2, 0.25) is 0 Å². The zero-order valence-corrected chi connectivity index (χ0v) is 9.64. The fourth-order valence-electron chi connectivity index (χ4n) is 1.31. The van der Waals surface area contributed by atoms with Gasteiger partial charge in [0.1, 0.15) is 17.3 Å². The molecule has 0 saturated carbocycles. The first kappa shape index (κ1) is 13.4. The number of ether oxygens (including phenoxy) is 1. The molecular formula is C11H14F2N2O2. The Labute approximate surface area is 98.0 Å². The van der Waals surface area contributed by atoms with Crippen molar-refractivity contribution >= 4 is 11.6 Å². The van der Waals surface area contributed by atoms with E-state index in [2.05, 4.69) is 10.6 Å². The third-order valence-corrected chi connectivity index (χ3v) is 2.15. The maximum Gasteiger partial charge on any atom is 0.251 e. The second kappa shape index (κ2) is 6.15. The molecule has 94 valence electrons. The summed E-state index contributed by atoms with van der Waals surface area (Å²) < 4.78 is 31.4. The molecule has 1 rings (SSSR count). The molecule has 0 aromatic heterocycles. The predicted molar refractivity (Wildman–Crippen MR) is 60.1 cm³/mol. The number of carbonyl (C=O) groups excluding carboxylic acids is 1. The van der Waals surface area contributed by atoms with E-state index >= 15 is 0 Å². The number of nitrogens with one attached hydrogen (secondary N) is 2. The summed E-state index contributed by atoms with van der Waals surface area (Å²) in [6.45, 7) is 0.623. The highest BCUT2D eigenvalue weighted by Crippen LogP contribution is 2.19. The summed E-state index contributed by atoms with van der Waals surface area (Å²) in [7, 11) is 2.90. The lowest BCUT2D eigenvalue weighted by Crippen LogP contribution is -2.27. The van der Waals surface area contributed by atoms with Crippen LogP contribution in [0, 0.1) is 11.6 Å². The number of benzene rings is 1. The maximum atomic E-state index is 13.4. The molecule has 0 saturated heterocycles. The van der Waals surface area contributed by atoms with Gasteiger partial charge >= 0.3 is 0 Å². The van der Waals surface area contributed by atoms with Gasteiger partial charge in [0.05, 0.1) is 6.61 Å². The SMILES string of the molecule is CNc1c(F)cc(C(=O)NCCOC)cc1F. The largest absolute Gasteiger partial charge is 0.383 e. The lowest BCUT2D eigenvalue weighted by molar-refractivity contribution is 0.0936. The predicted octanol–water partition coefficient (Wildman–Crippen LogP) is 1.38. The molecule has 17 heavy (non-hydrogen) atoms. The Kier molecular flexibility index (Phi) is 4.84. The number of anilines is 1. The molecule has 6 heteroatoms. The van der Waals surface area contributed by atoms with Gasteiger partial charge < -0.3 is 15.4 Å². The summed E-state index contributed by atoms with van der Waals surface area (Å²) in [5, 5.41) is 4.85. The van der Waals surface area contributed by atoms with Gasteiger partial charge in [0.2, 0.25) is 0 Å². The Morgan fingerprint density at radius 1 is 1.35 bits per heavy atom. The van der Waals surface area contributed by atoms with Crippen molar-refractivity contribution in [1.82, 2.24) is 5.32 Å². The van der Waals surface area contributed by atoms with E-state index in [1.165, 1.54) is 14.2 Å². The van der Waals surface area contributed by atoms with Crippen molar-refractivity contribution in [3.05, 3.63) is 29.3 Å². The minimum atomic E-state index is -0.801. The zero-order chi connectivity index (χ0) is 12.8. The van der Waals surface area contributed by atoms with Gasteiger partial charge in [0.25, 0.3) is 5.91 Å². The van der Waals surface area contributed by atoms with Gasteiger partial charge in [0.15, 0.2) is 0 Å². The average molecular weight is 244 g/mol. The van der Waals surface area contributed by atoms with Crippen molar-refractivity contribution in [3.63, 3.8) is 0 Å². The number of hydrogen-bond donors (Lipinski definition) is 2. The van der Waals surface area contributed by atoms with Gasteiger partial charge in [-0.25, -0.2) is 8.78 Å². The molecule has 0 fully saturated rings. The smallest absolute Gasteiger partial charge is 0.251 e. The van der Waals surface area contributed by atoms with Crippen molar-refractivity contribution in [2.24, 2.45) is 0 Å². The van der Waals surface area contributed by atoms with Crippen LogP contribution in [-0.2, 0) is 4.74 Å². The van der Waals surface area contributed by atoms with Crippen LogP contribution in [-0.4, -0.2) is 33.2 Å². The monoisotopic (exact) mass is 244 g/mol. The van der Waals surface area contributed by atoms with Crippen LogP contribution in [0.5, 0.6) is 0 Å². The molecule has 0 spiro atoms. The summed E-state index contributed by atoms with van der Waals surface area (Å²) in [4.78, 5) is 11.5. The first-order chi connectivity index (χ1) is 8.10. The van der Waals surface area contributed by atoms with E-state index < -0.39 is 17.5 Å². The van der Waals surface area contributed by atoms with Crippen LogP contribution >= 0.6 is 0 Å². The Bertz CT molecular complexity index is 387. The van der Waals surface area contributed by atoms with Gasteiger partial charge in [-0.3, -0.25) is 4.79 Å². The van der Waals surface area contributed by atoms with E-state index in [0.717, 1.165) is 12.1 Å². The number of rotatable bonds is 5. The molecule has 0 unspecified atom stereocenters. The number of hydrogen-bond acceptors (Lipinski definition) is 3. The van der Waals surface area contributed by atoms with Gasteiger partial charge in [0, 0.05) is 26.3 Å². The lowest BCUT2D eigenvalue weighted by atomic mass is 10.1. The van der Waals surface area contributed by atoms with Crippen LogP contribution in [0.25, 0.3) is 0 Å². The zero-order valence-electron chi connectivity index (χ0n) is 9.64. The molecule has 4 nitrogen and oxygen atoms in total. The summed E-state index contributed by atoms with van der Waals surface area (Å²) >= 11 is 0. The molecule has 0 aliphatic carbocycles. The first-order valence-electron chi connectivity index (χ1n) is 5.04. The molecule has 0 bridgehead atoms. The number of methoxy groups -OCH3 is 1. The molecule has 1 aromatic carbocycles. The molecule has 0 aliphatic heterocycles. The van der Waals surface area contributed by atoms with Crippen molar-refractivity contribution in [2.75, 3.05) is 32.6 Å². The Hall–Kier alpha value is -1.69. The van der Waals surface area contributed by atoms with E-state index in [4.69, 9.17) is 4.74 Å². The topological polar surface area (TPSA) is 50.4 Å². The molecule has 0 heterocycles. The highest BCUT2D eigenvalue weighted by atomic mass is 19.1. The van der Waals surface area contributed by atoms with Crippen molar-refractivity contribution in [2.45, 2.75) is 0 Å². The molecule has 0 atom stereocenters. The molecule has 1 amide bonds. The van der Waals surface area contributed by atoms with Gasteiger partial charge in [-0.1, -0.05) is 0 Å². The summed E-state index contributed by atoms with van der Waals surface area (Å²) in [6, 6.07) is 1.97. The number of carbonyl (C=O) groups is 1. The fraction of sp³-hybridized carbons (Fsp3) is 0.364. The minimum absolute atomic E-state index is 0.0601. The van der Waals surface area contributed by atoms with Gasteiger partial charge in [-0.15, -0.1) is 0 Å². The third kappa shape index (κ3) is 3.39. The van der Waals surface area contributed by atoms with Crippen molar-refractivity contribution < 1.29 is 18.3 Å². The second-order valence-electron chi connectivity index (χ2n) is 3.31. The van der Waals surface area contributed by atoms with Crippen LogP contribution < -0.4 is 10.6 Å². The standard InChI is InChI=1S/C11H14F2N2O2/c1-14-10-8(12)5-7(6-9(10)13)11(16)15-3-4-17-2/h5-6,14H,3-4H2,1-2H3,(H,15,16). The van der Waals surface area contributed by atoms with Crippen LogP contribution in [0.1, 0.15) is 10.4 Å². The normalized spacial score (nSPS) is 10.1. The van der Waals surface area contributed by atoms with E-state index in [0.29, 0.717) is 6.61 Å². The van der Waals surface area contributed by atoms with E-state index in [1.54, 1.807) is 0 Å². The average Bonchev–Trinajstić information content (AvgIpc) is 2.28. The van der Waals surface area contributed by atoms with Crippen LogP contribution in [0.15, 0.2) is 12.1 Å². The van der Waals surface area contributed by atoms with E-state index in [1.807, 2.05) is 0 Å². The third-order valence-electron chi connectivity index (χ3n) is 2.15. The lowest BCUT2D eigenvalue weighted by Gasteiger charge is -2.08. The number of amides is 1. The first-order valence-corrected chi connectivity index (χ1v) is 5.04. The molecule has 0 radical (unpaired) electrons. The van der Waals surface area contributed by atoms with Crippen LogP contribution in [0.3, 0.4) is 0 Å².